The third-order valence-corrected chi connectivity index (χ3v) is 2.63. The molecule has 1 aromatic heterocycles. The molecule has 15 heavy (non-hydrogen) atoms. The summed E-state index contributed by atoms with van der Waals surface area (Å²) in [5, 5.41) is 7.37. The molecule has 0 aliphatic carbocycles. The number of aromatic nitrogens is 2. The van der Waals surface area contributed by atoms with Gasteiger partial charge in [0.25, 0.3) is 0 Å². The first-order valence-corrected chi connectivity index (χ1v) is 5.55. The molecule has 84 valence electrons. The topological polar surface area (TPSA) is 54.2 Å². The summed E-state index contributed by atoms with van der Waals surface area (Å²) in [4.78, 5) is 6.66. The van der Waals surface area contributed by atoms with Gasteiger partial charge in [-0.15, -0.1) is 0 Å². The summed E-state index contributed by atoms with van der Waals surface area (Å²) in [6, 6.07) is 0.552. The van der Waals surface area contributed by atoms with Gasteiger partial charge in [-0.3, -0.25) is 4.90 Å². The summed E-state index contributed by atoms with van der Waals surface area (Å²) in [6.45, 7) is 8.16. The van der Waals surface area contributed by atoms with Crippen LogP contribution < -0.4 is 5.32 Å². The number of nitrogens with one attached hydrogen (secondary N) is 1. The molecule has 0 amide bonds. The van der Waals surface area contributed by atoms with E-state index in [-0.39, 0.29) is 0 Å². The van der Waals surface area contributed by atoms with E-state index in [0.29, 0.717) is 6.04 Å². The molecule has 1 N–H and O–H groups in total. The lowest BCUT2D eigenvalue weighted by molar-refractivity contribution is 0.193. The lowest BCUT2D eigenvalue weighted by atomic mass is 10.2. The second kappa shape index (κ2) is 4.72. The van der Waals surface area contributed by atoms with Crippen LogP contribution in [0.5, 0.6) is 0 Å². The second-order valence-corrected chi connectivity index (χ2v) is 4.05. The Kier molecular flexibility index (Phi) is 3.33. The van der Waals surface area contributed by atoms with Crippen LogP contribution in [-0.2, 0) is 13.0 Å². The van der Waals surface area contributed by atoms with E-state index < -0.39 is 0 Å². The van der Waals surface area contributed by atoms with Gasteiger partial charge in [0.2, 0.25) is 5.89 Å². The zero-order valence-electron chi connectivity index (χ0n) is 9.36. The van der Waals surface area contributed by atoms with E-state index in [1.807, 2.05) is 6.92 Å². The van der Waals surface area contributed by atoms with Crippen molar-refractivity contribution in [2.75, 3.05) is 19.6 Å². The summed E-state index contributed by atoms with van der Waals surface area (Å²) >= 11 is 0. The Labute approximate surface area is 89.8 Å². The van der Waals surface area contributed by atoms with Crippen LogP contribution in [0.3, 0.4) is 0 Å². The van der Waals surface area contributed by atoms with Crippen LogP contribution in [0.4, 0.5) is 0 Å². The summed E-state index contributed by atoms with van der Waals surface area (Å²) in [5.41, 5.74) is 0. The molecule has 5 nitrogen and oxygen atoms in total. The van der Waals surface area contributed by atoms with E-state index in [4.69, 9.17) is 4.52 Å². The minimum atomic E-state index is 0.552. The fourth-order valence-electron chi connectivity index (χ4n) is 1.85. The molecule has 2 heterocycles. The Hall–Kier alpha value is -0.940. The molecular weight excluding hydrogens is 192 g/mol. The fraction of sp³-hybridized carbons (Fsp3) is 0.800. The van der Waals surface area contributed by atoms with E-state index in [1.165, 1.54) is 0 Å². The Morgan fingerprint density at radius 2 is 2.47 bits per heavy atom. The average Bonchev–Trinajstić information content (AvgIpc) is 2.65. The molecule has 1 atom stereocenters. The van der Waals surface area contributed by atoms with Gasteiger partial charge in [-0.05, 0) is 6.92 Å². The van der Waals surface area contributed by atoms with Crippen molar-refractivity contribution in [2.45, 2.75) is 32.9 Å². The van der Waals surface area contributed by atoms with Crippen LogP contribution in [0.15, 0.2) is 4.52 Å². The average molecular weight is 210 g/mol. The highest BCUT2D eigenvalue weighted by molar-refractivity contribution is 4.87. The third-order valence-electron chi connectivity index (χ3n) is 2.63. The Morgan fingerprint density at radius 1 is 1.60 bits per heavy atom. The quantitative estimate of drug-likeness (QED) is 0.784. The van der Waals surface area contributed by atoms with Crippen molar-refractivity contribution < 1.29 is 4.52 Å². The highest BCUT2D eigenvalue weighted by atomic mass is 16.5. The van der Waals surface area contributed by atoms with Gasteiger partial charge in [-0.2, -0.15) is 4.98 Å². The van der Waals surface area contributed by atoms with E-state index in [1.54, 1.807) is 0 Å². The largest absolute Gasteiger partial charge is 0.339 e. The SMILES string of the molecule is CCc1nc(CN2CCNC(C)C2)no1. The molecule has 1 aliphatic heterocycles. The summed E-state index contributed by atoms with van der Waals surface area (Å²) in [6.07, 6.45) is 0.810. The lowest BCUT2D eigenvalue weighted by Gasteiger charge is -2.30. The van der Waals surface area contributed by atoms with Crippen molar-refractivity contribution in [3.05, 3.63) is 11.7 Å². The van der Waals surface area contributed by atoms with Crippen LogP contribution >= 0.6 is 0 Å². The smallest absolute Gasteiger partial charge is 0.226 e. The first-order valence-electron chi connectivity index (χ1n) is 5.55. The highest BCUT2D eigenvalue weighted by Crippen LogP contribution is 2.05. The molecule has 5 heteroatoms. The third kappa shape index (κ3) is 2.76. The molecule has 1 saturated heterocycles. The van der Waals surface area contributed by atoms with Crippen molar-refractivity contribution >= 4 is 0 Å². The molecule has 0 spiro atoms. The first-order chi connectivity index (χ1) is 7.28. The maximum absolute atomic E-state index is 5.08. The number of nitrogens with zero attached hydrogens (tertiary/aromatic N) is 3. The van der Waals surface area contributed by atoms with Gasteiger partial charge in [0.15, 0.2) is 5.82 Å². The van der Waals surface area contributed by atoms with Crippen LogP contribution in [-0.4, -0.2) is 40.7 Å². The minimum absolute atomic E-state index is 0.552. The van der Waals surface area contributed by atoms with Gasteiger partial charge in [0.1, 0.15) is 0 Å². The lowest BCUT2D eigenvalue weighted by Crippen LogP contribution is -2.48. The second-order valence-electron chi connectivity index (χ2n) is 4.05. The molecule has 0 saturated carbocycles. The predicted octanol–water partition coefficient (Wildman–Crippen LogP) is 0.426. The Morgan fingerprint density at radius 3 is 3.13 bits per heavy atom. The maximum atomic E-state index is 5.08. The van der Waals surface area contributed by atoms with Gasteiger partial charge >= 0.3 is 0 Å². The van der Waals surface area contributed by atoms with E-state index >= 15 is 0 Å². The van der Waals surface area contributed by atoms with E-state index in [9.17, 15) is 0 Å². The number of hydrogen-bond acceptors (Lipinski definition) is 5. The molecule has 0 aromatic carbocycles. The summed E-state index contributed by atoms with van der Waals surface area (Å²) < 4.78 is 5.08. The zero-order chi connectivity index (χ0) is 10.7. The molecule has 0 radical (unpaired) electrons. The van der Waals surface area contributed by atoms with E-state index in [2.05, 4.69) is 27.3 Å². The molecule has 1 unspecified atom stereocenters. The monoisotopic (exact) mass is 210 g/mol. The van der Waals surface area contributed by atoms with Crippen molar-refractivity contribution in [2.24, 2.45) is 0 Å². The zero-order valence-corrected chi connectivity index (χ0v) is 9.36. The number of piperazine rings is 1. The molecule has 1 aromatic rings. The van der Waals surface area contributed by atoms with Crippen LogP contribution in [0.25, 0.3) is 0 Å². The Bertz CT molecular complexity index is 312. The number of aryl methyl sites for hydroxylation is 1. The molecular formula is C10H18N4O. The van der Waals surface area contributed by atoms with Crippen LogP contribution in [0.2, 0.25) is 0 Å². The molecule has 1 aliphatic rings. The summed E-state index contributed by atoms with van der Waals surface area (Å²) in [5.74, 6) is 1.54. The normalized spacial score (nSPS) is 23.2. The van der Waals surface area contributed by atoms with Crippen molar-refractivity contribution in [1.82, 2.24) is 20.4 Å². The van der Waals surface area contributed by atoms with Gasteiger partial charge in [0.05, 0.1) is 6.54 Å². The molecule has 2 rings (SSSR count). The van der Waals surface area contributed by atoms with Gasteiger partial charge in [-0.25, -0.2) is 0 Å². The van der Waals surface area contributed by atoms with Crippen molar-refractivity contribution in [3.8, 4) is 0 Å². The van der Waals surface area contributed by atoms with Crippen molar-refractivity contribution in [1.29, 1.82) is 0 Å². The number of rotatable bonds is 3. The molecule has 1 fully saturated rings. The fourth-order valence-corrected chi connectivity index (χ4v) is 1.85. The van der Waals surface area contributed by atoms with E-state index in [0.717, 1.165) is 44.3 Å². The highest BCUT2D eigenvalue weighted by Gasteiger charge is 2.17. The Balaban J connectivity index is 1.90. The van der Waals surface area contributed by atoms with Crippen LogP contribution in [0, 0.1) is 0 Å². The number of hydrogen-bond donors (Lipinski definition) is 1. The predicted molar refractivity (Wildman–Crippen MR) is 56.4 cm³/mol. The van der Waals surface area contributed by atoms with Gasteiger partial charge in [-0.1, -0.05) is 12.1 Å². The summed E-state index contributed by atoms with van der Waals surface area (Å²) in [7, 11) is 0. The first kappa shape index (κ1) is 10.6. The minimum Gasteiger partial charge on any atom is -0.339 e. The molecule has 0 bridgehead atoms. The van der Waals surface area contributed by atoms with Crippen molar-refractivity contribution in [3.63, 3.8) is 0 Å². The van der Waals surface area contributed by atoms with Gasteiger partial charge < -0.3 is 9.84 Å². The van der Waals surface area contributed by atoms with Crippen LogP contribution in [0.1, 0.15) is 25.6 Å². The standard InChI is InChI=1S/C10H18N4O/c1-3-10-12-9(13-15-10)7-14-5-4-11-8(2)6-14/h8,11H,3-7H2,1-2H3. The van der Waals surface area contributed by atoms with Gasteiger partial charge in [0, 0.05) is 32.1 Å². The maximum Gasteiger partial charge on any atom is 0.226 e.